The van der Waals surface area contributed by atoms with Crippen molar-refractivity contribution in [2.45, 2.75) is 92.0 Å². The summed E-state index contributed by atoms with van der Waals surface area (Å²) in [7, 11) is 0. The van der Waals surface area contributed by atoms with Crippen LogP contribution < -0.4 is 10.6 Å². The molecule has 2 rings (SSSR count). The Morgan fingerprint density at radius 3 is 2.13 bits per heavy atom. The summed E-state index contributed by atoms with van der Waals surface area (Å²) >= 11 is 0. The Morgan fingerprint density at radius 1 is 0.974 bits per heavy atom. The van der Waals surface area contributed by atoms with Gasteiger partial charge in [0.2, 0.25) is 5.91 Å². The second-order valence-corrected chi connectivity index (χ2v) is 10.8. The molecular weight excluding hydrogens is 482 g/mol. The molecule has 2 aromatic carbocycles. The van der Waals surface area contributed by atoms with Crippen LogP contribution in [0.2, 0.25) is 0 Å². The van der Waals surface area contributed by atoms with Crippen molar-refractivity contribution in [1.29, 1.82) is 0 Å². The van der Waals surface area contributed by atoms with Crippen LogP contribution in [-0.2, 0) is 14.3 Å². The molecule has 0 aliphatic carbocycles. The number of benzene rings is 2. The van der Waals surface area contributed by atoms with Crippen LogP contribution in [0.4, 0.5) is 10.5 Å². The number of hydrogen-bond donors (Lipinski definition) is 3. The summed E-state index contributed by atoms with van der Waals surface area (Å²) in [5, 5.41) is 16.5. The first-order valence-corrected chi connectivity index (χ1v) is 13.3. The van der Waals surface area contributed by atoms with E-state index in [4.69, 9.17) is 4.74 Å². The Labute approximate surface area is 226 Å². The van der Waals surface area contributed by atoms with Crippen LogP contribution in [0.1, 0.15) is 78.5 Å². The molecule has 0 spiro atoms. The second-order valence-electron chi connectivity index (χ2n) is 10.8. The lowest BCUT2D eigenvalue weighted by Gasteiger charge is -2.39. The van der Waals surface area contributed by atoms with Crippen molar-refractivity contribution in [3.63, 3.8) is 0 Å². The van der Waals surface area contributed by atoms with Gasteiger partial charge in [0.15, 0.2) is 0 Å². The van der Waals surface area contributed by atoms with Crippen molar-refractivity contribution in [3.05, 3.63) is 59.7 Å². The summed E-state index contributed by atoms with van der Waals surface area (Å²) in [5.74, 6) is -1.23. The SMILES string of the molecule is CCC(C)C(NC(=O)OC(C)(C)C)C(=O)N(C(C)CC)C(C(=O)Nc1ccccc1C)c1ccccc1O. The minimum atomic E-state index is -1.15. The number of amides is 3. The predicted molar refractivity (Wildman–Crippen MR) is 150 cm³/mol. The fourth-order valence-electron chi connectivity index (χ4n) is 4.12. The number of carbonyl (C=O) groups excluding carboxylic acids is 3. The smallest absolute Gasteiger partial charge is 0.408 e. The maximum Gasteiger partial charge on any atom is 0.408 e. The first-order valence-electron chi connectivity index (χ1n) is 13.3. The molecule has 0 fully saturated rings. The van der Waals surface area contributed by atoms with E-state index < -0.39 is 35.6 Å². The topological polar surface area (TPSA) is 108 Å². The molecule has 4 atom stereocenters. The summed E-state index contributed by atoms with van der Waals surface area (Å²) in [4.78, 5) is 42.4. The minimum Gasteiger partial charge on any atom is -0.508 e. The normalized spacial score (nSPS) is 14.5. The quantitative estimate of drug-likeness (QED) is 0.355. The van der Waals surface area contributed by atoms with Gasteiger partial charge in [-0.3, -0.25) is 9.59 Å². The second kappa shape index (κ2) is 13.3. The average molecular weight is 526 g/mol. The molecule has 0 bridgehead atoms. The number of phenols is 1. The number of para-hydroxylation sites is 2. The highest BCUT2D eigenvalue weighted by atomic mass is 16.6. The van der Waals surface area contributed by atoms with Crippen LogP contribution in [0.15, 0.2) is 48.5 Å². The van der Waals surface area contributed by atoms with Gasteiger partial charge in [0.25, 0.3) is 5.91 Å². The molecule has 8 nitrogen and oxygen atoms in total. The zero-order valence-corrected chi connectivity index (χ0v) is 23.9. The van der Waals surface area contributed by atoms with Crippen molar-refractivity contribution in [2.75, 3.05) is 5.32 Å². The van der Waals surface area contributed by atoms with Gasteiger partial charge in [-0.1, -0.05) is 63.6 Å². The number of hydrogen-bond acceptors (Lipinski definition) is 5. The summed E-state index contributed by atoms with van der Waals surface area (Å²) in [6.45, 7) is 14.7. The van der Waals surface area contributed by atoms with E-state index in [9.17, 15) is 19.5 Å². The zero-order chi connectivity index (χ0) is 28.6. The average Bonchev–Trinajstić information content (AvgIpc) is 2.85. The Balaban J connectivity index is 2.61. The number of carbonyl (C=O) groups is 3. The number of alkyl carbamates (subject to hydrolysis) is 1. The van der Waals surface area contributed by atoms with E-state index in [-0.39, 0.29) is 17.7 Å². The minimum absolute atomic E-state index is 0.0984. The number of ether oxygens (including phenoxy) is 1. The Morgan fingerprint density at radius 2 is 1.58 bits per heavy atom. The number of aryl methyl sites for hydroxylation is 1. The van der Waals surface area contributed by atoms with Gasteiger partial charge in [0, 0.05) is 17.3 Å². The van der Waals surface area contributed by atoms with Crippen LogP contribution in [0.5, 0.6) is 5.75 Å². The number of nitrogens with one attached hydrogen (secondary N) is 2. The van der Waals surface area contributed by atoms with Crippen molar-refractivity contribution in [3.8, 4) is 5.75 Å². The highest BCUT2D eigenvalue weighted by Gasteiger charge is 2.41. The van der Waals surface area contributed by atoms with Gasteiger partial charge in [-0.25, -0.2) is 4.79 Å². The molecule has 0 aliphatic rings. The fourth-order valence-corrected chi connectivity index (χ4v) is 4.12. The summed E-state index contributed by atoms with van der Waals surface area (Å²) in [6.07, 6.45) is 0.452. The molecule has 8 heteroatoms. The van der Waals surface area contributed by atoms with Gasteiger partial charge in [0.05, 0.1) is 0 Å². The molecule has 0 radical (unpaired) electrons. The van der Waals surface area contributed by atoms with Gasteiger partial charge in [-0.05, 0) is 64.7 Å². The molecule has 3 amide bonds. The number of anilines is 1. The molecule has 3 N–H and O–H groups in total. The van der Waals surface area contributed by atoms with Gasteiger partial charge in [0.1, 0.15) is 23.4 Å². The molecule has 0 aromatic heterocycles. The molecule has 2 aromatic rings. The Kier molecular flexibility index (Phi) is 10.7. The highest BCUT2D eigenvalue weighted by molar-refractivity contribution is 6.00. The third-order valence-electron chi connectivity index (χ3n) is 6.63. The highest BCUT2D eigenvalue weighted by Crippen LogP contribution is 2.33. The standard InChI is InChI=1S/C30H43N3O5/c1-9-19(3)25(32-29(37)38-30(6,7)8)28(36)33(21(5)10-2)26(22-16-12-14-18-24(22)34)27(35)31-23-17-13-11-15-20(23)4/h11-19,21,25-26,34H,9-10H2,1-8H3,(H,31,35)(H,32,37). The van der Waals surface area contributed by atoms with E-state index in [2.05, 4.69) is 10.6 Å². The largest absolute Gasteiger partial charge is 0.508 e. The Hall–Kier alpha value is -3.55. The lowest BCUT2D eigenvalue weighted by atomic mass is 9.94. The lowest BCUT2D eigenvalue weighted by molar-refractivity contribution is -0.144. The fraction of sp³-hybridized carbons (Fsp3) is 0.500. The van der Waals surface area contributed by atoms with Crippen molar-refractivity contribution < 1.29 is 24.2 Å². The molecular formula is C30H43N3O5. The predicted octanol–water partition coefficient (Wildman–Crippen LogP) is 5.95. The van der Waals surface area contributed by atoms with E-state index >= 15 is 0 Å². The molecule has 208 valence electrons. The van der Waals surface area contributed by atoms with E-state index in [0.29, 0.717) is 24.1 Å². The van der Waals surface area contributed by atoms with Crippen LogP contribution in [0.25, 0.3) is 0 Å². The number of rotatable bonds is 10. The maximum atomic E-state index is 14.3. The first-order chi connectivity index (χ1) is 17.8. The number of aromatic hydroxyl groups is 1. The van der Waals surface area contributed by atoms with Crippen molar-refractivity contribution in [2.24, 2.45) is 5.92 Å². The lowest BCUT2D eigenvalue weighted by Crippen LogP contribution is -2.56. The maximum absolute atomic E-state index is 14.3. The van der Waals surface area contributed by atoms with Crippen molar-refractivity contribution >= 4 is 23.6 Å². The van der Waals surface area contributed by atoms with E-state index in [1.54, 1.807) is 45.0 Å². The summed E-state index contributed by atoms with van der Waals surface area (Å²) < 4.78 is 5.44. The summed E-state index contributed by atoms with van der Waals surface area (Å²) in [5.41, 5.74) is 1.03. The van der Waals surface area contributed by atoms with Crippen LogP contribution in [0, 0.1) is 12.8 Å². The van der Waals surface area contributed by atoms with Crippen molar-refractivity contribution in [1.82, 2.24) is 10.2 Å². The Bertz CT molecular complexity index is 1110. The molecule has 0 saturated heterocycles. The van der Waals surface area contributed by atoms with Gasteiger partial charge in [-0.2, -0.15) is 0 Å². The first kappa shape index (κ1) is 30.7. The molecule has 0 aliphatic heterocycles. The monoisotopic (exact) mass is 525 g/mol. The number of nitrogens with zero attached hydrogens (tertiary/aromatic N) is 1. The van der Waals surface area contributed by atoms with Crippen LogP contribution >= 0.6 is 0 Å². The van der Waals surface area contributed by atoms with Crippen LogP contribution in [0.3, 0.4) is 0 Å². The summed E-state index contributed by atoms with van der Waals surface area (Å²) in [6, 6.07) is 11.4. The zero-order valence-electron chi connectivity index (χ0n) is 23.9. The van der Waals surface area contributed by atoms with Gasteiger partial charge < -0.3 is 25.4 Å². The third kappa shape index (κ3) is 7.97. The molecule has 0 heterocycles. The van der Waals surface area contributed by atoms with Gasteiger partial charge >= 0.3 is 6.09 Å². The van der Waals surface area contributed by atoms with E-state index in [1.807, 2.05) is 52.8 Å². The molecule has 0 saturated carbocycles. The van der Waals surface area contributed by atoms with Crippen LogP contribution in [-0.4, -0.2) is 45.6 Å². The number of phenolic OH excluding ortho intramolecular Hbond substituents is 1. The molecule has 4 unspecified atom stereocenters. The third-order valence-corrected chi connectivity index (χ3v) is 6.63. The molecule has 38 heavy (non-hydrogen) atoms. The van der Waals surface area contributed by atoms with E-state index in [1.165, 1.54) is 11.0 Å². The van der Waals surface area contributed by atoms with Gasteiger partial charge in [-0.15, -0.1) is 0 Å². The van der Waals surface area contributed by atoms with E-state index in [0.717, 1.165) is 5.56 Å².